The summed E-state index contributed by atoms with van der Waals surface area (Å²) in [7, 11) is 0. The maximum absolute atomic E-state index is 12.8. The second-order valence-electron chi connectivity index (χ2n) is 7.40. The van der Waals surface area contributed by atoms with Crippen LogP contribution in [0.5, 0.6) is 0 Å². The summed E-state index contributed by atoms with van der Waals surface area (Å²) < 4.78 is 0. The van der Waals surface area contributed by atoms with Gasteiger partial charge in [0.15, 0.2) is 5.13 Å². The predicted molar refractivity (Wildman–Crippen MR) is 122 cm³/mol. The van der Waals surface area contributed by atoms with Crippen LogP contribution >= 0.6 is 11.3 Å². The van der Waals surface area contributed by atoms with Gasteiger partial charge in [-0.25, -0.2) is 14.8 Å². The number of benzene rings is 2. The number of hydrogen-bond acceptors (Lipinski definition) is 6. The van der Waals surface area contributed by atoms with Crippen molar-refractivity contribution in [2.75, 3.05) is 11.9 Å². The van der Waals surface area contributed by atoms with Crippen LogP contribution in [0.1, 0.15) is 26.6 Å². The van der Waals surface area contributed by atoms with Crippen LogP contribution in [0.2, 0.25) is 0 Å². The van der Waals surface area contributed by atoms with Gasteiger partial charge in [-0.05, 0) is 16.3 Å². The van der Waals surface area contributed by atoms with Gasteiger partial charge < -0.3 is 10.2 Å². The number of rotatable bonds is 4. The van der Waals surface area contributed by atoms with Crippen LogP contribution in [0.15, 0.2) is 61.1 Å². The van der Waals surface area contributed by atoms with E-state index in [0.717, 1.165) is 26.9 Å². The zero-order valence-electron chi connectivity index (χ0n) is 17.1. The van der Waals surface area contributed by atoms with Crippen LogP contribution in [0.4, 0.5) is 9.93 Å². The number of fused-ring (bicyclic) bond motifs is 2. The number of carbonyl (C=O) groups is 2. The lowest BCUT2D eigenvalue weighted by atomic mass is 10.0. The first-order chi connectivity index (χ1) is 15.7. The average Bonchev–Trinajstić information content (AvgIpc) is 3.24. The number of hydrogen-bond donors (Lipinski definition) is 2. The van der Waals surface area contributed by atoms with Gasteiger partial charge in [-0.2, -0.15) is 0 Å². The van der Waals surface area contributed by atoms with E-state index < -0.39 is 0 Å². The molecule has 4 aromatic rings. The highest BCUT2D eigenvalue weighted by Crippen LogP contribution is 2.28. The quantitative estimate of drug-likeness (QED) is 0.501. The molecule has 3 amide bonds. The molecular weight excluding hydrogens is 424 g/mol. The summed E-state index contributed by atoms with van der Waals surface area (Å²) in [6.07, 6.45) is 5.04. The maximum Gasteiger partial charge on any atom is 0.318 e. The molecule has 3 heterocycles. The number of carbonyl (C=O) groups excluding carboxylic acids is 2. The van der Waals surface area contributed by atoms with Crippen molar-refractivity contribution in [1.29, 1.82) is 0 Å². The topological polar surface area (TPSA) is 100 Å². The molecule has 1 aliphatic heterocycles. The molecule has 0 unspecified atom stereocenters. The third-order valence-electron chi connectivity index (χ3n) is 5.34. The SMILES string of the molecule is O=C(Nc1nc2c(s1)CN(C(=O)NCc1cccc3ccccc13)CC2)c1cnccn1. The van der Waals surface area contributed by atoms with Crippen LogP contribution in [-0.4, -0.2) is 38.3 Å². The van der Waals surface area contributed by atoms with Gasteiger partial charge in [0.25, 0.3) is 5.91 Å². The second kappa shape index (κ2) is 8.72. The molecule has 160 valence electrons. The Kier molecular flexibility index (Phi) is 5.47. The minimum Gasteiger partial charge on any atom is -0.334 e. The van der Waals surface area contributed by atoms with Crippen molar-refractivity contribution in [1.82, 2.24) is 25.2 Å². The van der Waals surface area contributed by atoms with Crippen molar-refractivity contribution >= 4 is 39.2 Å². The van der Waals surface area contributed by atoms with Gasteiger partial charge in [-0.1, -0.05) is 53.8 Å². The number of aromatic nitrogens is 3. The molecule has 0 saturated heterocycles. The van der Waals surface area contributed by atoms with Crippen LogP contribution in [-0.2, 0) is 19.5 Å². The Morgan fingerprint density at radius 1 is 1.09 bits per heavy atom. The Morgan fingerprint density at radius 2 is 1.97 bits per heavy atom. The highest BCUT2D eigenvalue weighted by molar-refractivity contribution is 7.15. The molecule has 2 N–H and O–H groups in total. The summed E-state index contributed by atoms with van der Waals surface area (Å²) >= 11 is 1.38. The zero-order chi connectivity index (χ0) is 21.9. The van der Waals surface area contributed by atoms with E-state index in [1.165, 1.54) is 29.9 Å². The first-order valence-electron chi connectivity index (χ1n) is 10.2. The van der Waals surface area contributed by atoms with Gasteiger partial charge in [-0.15, -0.1) is 0 Å². The van der Waals surface area contributed by atoms with Crippen LogP contribution in [0, 0.1) is 0 Å². The molecule has 5 rings (SSSR count). The Labute approximate surface area is 188 Å². The van der Waals surface area contributed by atoms with E-state index in [1.54, 1.807) is 4.90 Å². The van der Waals surface area contributed by atoms with E-state index in [0.29, 0.717) is 31.2 Å². The lowest BCUT2D eigenvalue weighted by molar-refractivity contribution is 0.102. The summed E-state index contributed by atoms with van der Waals surface area (Å²) in [5.41, 5.74) is 2.23. The largest absolute Gasteiger partial charge is 0.334 e. The lowest BCUT2D eigenvalue weighted by Crippen LogP contribution is -2.42. The summed E-state index contributed by atoms with van der Waals surface area (Å²) in [5.74, 6) is -0.353. The number of nitrogens with one attached hydrogen (secondary N) is 2. The smallest absolute Gasteiger partial charge is 0.318 e. The van der Waals surface area contributed by atoms with E-state index in [4.69, 9.17) is 0 Å². The molecule has 8 nitrogen and oxygen atoms in total. The zero-order valence-corrected chi connectivity index (χ0v) is 17.9. The third kappa shape index (κ3) is 4.15. The van der Waals surface area contributed by atoms with Gasteiger partial charge in [0, 0.05) is 36.8 Å². The molecule has 2 aromatic carbocycles. The minimum atomic E-state index is -0.353. The van der Waals surface area contributed by atoms with Crippen LogP contribution in [0.3, 0.4) is 0 Å². The van der Waals surface area contributed by atoms with Gasteiger partial charge in [0.05, 0.1) is 18.4 Å². The Bertz CT molecular complexity index is 1280. The predicted octanol–water partition coefficient (Wildman–Crippen LogP) is 3.61. The van der Waals surface area contributed by atoms with E-state index >= 15 is 0 Å². The van der Waals surface area contributed by atoms with Crippen LogP contribution < -0.4 is 10.6 Å². The Hall–Kier alpha value is -3.85. The molecule has 32 heavy (non-hydrogen) atoms. The number of amides is 3. The number of thiazole rings is 1. The number of nitrogens with zero attached hydrogens (tertiary/aromatic N) is 4. The molecule has 0 bridgehead atoms. The molecule has 0 radical (unpaired) electrons. The van der Waals surface area contributed by atoms with Crippen LogP contribution in [0.25, 0.3) is 10.8 Å². The van der Waals surface area contributed by atoms with Gasteiger partial charge in [0.1, 0.15) is 5.69 Å². The highest BCUT2D eigenvalue weighted by atomic mass is 32.1. The monoisotopic (exact) mass is 444 g/mol. The van der Waals surface area contributed by atoms with Gasteiger partial charge >= 0.3 is 6.03 Å². The van der Waals surface area contributed by atoms with Crippen molar-refractivity contribution in [3.05, 3.63) is 82.9 Å². The van der Waals surface area contributed by atoms with Crippen molar-refractivity contribution in [2.45, 2.75) is 19.5 Å². The summed E-state index contributed by atoms with van der Waals surface area (Å²) in [6.45, 7) is 1.51. The maximum atomic E-state index is 12.8. The first kappa shape index (κ1) is 20.1. The fraction of sp³-hybridized carbons (Fsp3) is 0.174. The molecule has 9 heteroatoms. The summed E-state index contributed by atoms with van der Waals surface area (Å²) in [6, 6.07) is 14.1. The van der Waals surface area contributed by atoms with Gasteiger partial charge in [0.2, 0.25) is 0 Å². The lowest BCUT2D eigenvalue weighted by Gasteiger charge is -2.26. The third-order valence-corrected chi connectivity index (χ3v) is 6.34. The molecule has 0 aliphatic carbocycles. The van der Waals surface area contributed by atoms with E-state index in [9.17, 15) is 9.59 Å². The Morgan fingerprint density at radius 3 is 2.84 bits per heavy atom. The van der Waals surface area contributed by atoms with E-state index in [-0.39, 0.29) is 17.6 Å². The van der Waals surface area contributed by atoms with E-state index in [2.05, 4.69) is 43.8 Å². The minimum absolute atomic E-state index is 0.109. The van der Waals surface area contributed by atoms with Crippen molar-refractivity contribution < 1.29 is 9.59 Å². The fourth-order valence-corrected chi connectivity index (χ4v) is 4.75. The van der Waals surface area contributed by atoms with Gasteiger partial charge in [-0.3, -0.25) is 15.1 Å². The van der Waals surface area contributed by atoms with Crippen molar-refractivity contribution in [3.8, 4) is 0 Å². The normalized spacial score (nSPS) is 12.9. The molecule has 0 saturated carbocycles. The highest BCUT2D eigenvalue weighted by Gasteiger charge is 2.25. The molecule has 2 aromatic heterocycles. The summed E-state index contributed by atoms with van der Waals surface area (Å²) in [5, 5.41) is 8.61. The number of anilines is 1. The van der Waals surface area contributed by atoms with E-state index in [1.807, 2.05) is 24.3 Å². The number of urea groups is 1. The molecule has 0 fully saturated rings. The van der Waals surface area contributed by atoms with Crippen molar-refractivity contribution in [3.63, 3.8) is 0 Å². The second-order valence-corrected chi connectivity index (χ2v) is 8.49. The average molecular weight is 445 g/mol. The Balaban J connectivity index is 1.22. The first-order valence-corrected chi connectivity index (χ1v) is 11.0. The molecular formula is C23H20N6O2S. The standard InChI is InChI=1S/C23H20N6O2S/c30-21(19-13-24-9-10-25-19)28-22-27-18-8-11-29(14-20(18)32-22)23(31)26-12-16-6-3-5-15-4-1-2-7-17(15)16/h1-7,9-10,13H,8,11-12,14H2,(H,26,31)(H,27,28,30). The molecule has 0 spiro atoms. The molecule has 1 aliphatic rings. The fourth-order valence-electron chi connectivity index (χ4n) is 3.73. The van der Waals surface area contributed by atoms with Crippen molar-refractivity contribution in [2.24, 2.45) is 0 Å². The summed E-state index contributed by atoms with van der Waals surface area (Å²) in [4.78, 5) is 40.3. The molecule has 0 atom stereocenters.